The molecule has 0 aliphatic carbocycles. The molecule has 2 rings (SSSR count). The summed E-state index contributed by atoms with van der Waals surface area (Å²) in [5.74, 6) is 0.00860. The van der Waals surface area contributed by atoms with Gasteiger partial charge < -0.3 is 10.0 Å². The molecule has 0 radical (unpaired) electrons. The van der Waals surface area contributed by atoms with E-state index in [9.17, 15) is 23.1 Å². The molecule has 0 spiro atoms. The molecule has 1 atom stereocenters. The van der Waals surface area contributed by atoms with Crippen molar-refractivity contribution >= 4 is 5.91 Å². The van der Waals surface area contributed by atoms with Crippen molar-refractivity contribution in [2.24, 2.45) is 0 Å². The second-order valence-corrected chi connectivity index (χ2v) is 6.13. The van der Waals surface area contributed by atoms with Crippen LogP contribution in [-0.4, -0.2) is 53.5 Å². The van der Waals surface area contributed by atoms with E-state index >= 15 is 0 Å². The van der Waals surface area contributed by atoms with Crippen molar-refractivity contribution in [2.45, 2.75) is 25.6 Å². The number of rotatable bonds is 3. The number of amides is 1. The molecule has 1 heterocycles. The summed E-state index contributed by atoms with van der Waals surface area (Å²) in [5, 5.41) is 10.6. The maximum Gasteiger partial charge on any atom is 0.416 e. The van der Waals surface area contributed by atoms with E-state index in [0.717, 1.165) is 12.1 Å². The average Bonchev–Trinajstić information content (AvgIpc) is 2.46. The number of piperazine rings is 1. The Balaban J connectivity index is 2.06. The van der Waals surface area contributed by atoms with Crippen molar-refractivity contribution in [3.05, 3.63) is 35.4 Å². The number of nitrogens with zero attached hydrogens (tertiary/aromatic N) is 2. The maximum absolute atomic E-state index is 12.8. The Labute approximate surface area is 133 Å². The Hall–Kier alpha value is -1.60. The van der Waals surface area contributed by atoms with Crippen molar-refractivity contribution in [3.8, 4) is 0 Å². The summed E-state index contributed by atoms with van der Waals surface area (Å²) in [6.07, 6.45) is -4.43. The van der Waals surface area contributed by atoms with Gasteiger partial charge in [0.25, 0.3) is 0 Å². The Morgan fingerprint density at radius 1 is 1.17 bits per heavy atom. The van der Waals surface area contributed by atoms with E-state index in [4.69, 9.17) is 0 Å². The second-order valence-electron chi connectivity index (χ2n) is 6.13. The van der Waals surface area contributed by atoms with Gasteiger partial charge in [0.2, 0.25) is 5.91 Å². The molecule has 0 bridgehead atoms. The molecule has 7 heteroatoms. The average molecular weight is 330 g/mol. The van der Waals surface area contributed by atoms with Gasteiger partial charge in [-0.25, -0.2) is 0 Å². The molecule has 1 amide bonds. The third-order valence-corrected chi connectivity index (χ3v) is 4.16. The van der Waals surface area contributed by atoms with Crippen molar-refractivity contribution in [1.29, 1.82) is 0 Å². The van der Waals surface area contributed by atoms with Crippen LogP contribution in [0.3, 0.4) is 0 Å². The van der Waals surface area contributed by atoms with E-state index in [-0.39, 0.29) is 18.0 Å². The largest absolute Gasteiger partial charge is 0.416 e. The highest BCUT2D eigenvalue weighted by atomic mass is 19.4. The van der Waals surface area contributed by atoms with E-state index < -0.39 is 17.3 Å². The third kappa shape index (κ3) is 4.45. The third-order valence-electron chi connectivity index (χ3n) is 4.16. The van der Waals surface area contributed by atoms with Crippen LogP contribution in [0.5, 0.6) is 0 Å². The first-order valence-electron chi connectivity index (χ1n) is 7.47. The zero-order valence-electron chi connectivity index (χ0n) is 13.2. The van der Waals surface area contributed by atoms with Crippen LogP contribution in [0.2, 0.25) is 0 Å². The van der Waals surface area contributed by atoms with Gasteiger partial charge in [-0.15, -0.1) is 0 Å². The SMILES string of the molecule is CC(=O)N1CCN(C[C@@](C)(O)c2cccc(C(F)(F)F)c2)CC1. The minimum atomic E-state index is -4.43. The van der Waals surface area contributed by atoms with E-state index in [0.29, 0.717) is 26.2 Å². The first-order valence-corrected chi connectivity index (χ1v) is 7.47. The molecule has 1 aliphatic heterocycles. The second kappa shape index (κ2) is 6.49. The standard InChI is InChI=1S/C16H21F3N2O2/c1-12(22)21-8-6-20(7-9-21)11-15(2,23)13-4-3-5-14(10-13)16(17,18)19/h3-5,10,23H,6-9,11H2,1-2H3/t15-/m1/s1. The highest BCUT2D eigenvalue weighted by molar-refractivity contribution is 5.73. The van der Waals surface area contributed by atoms with Crippen LogP contribution in [0.15, 0.2) is 24.3 Å². The lowest BCUT2D eigenvalue weighted by atomic mass is 9.93. The summed E-state index contributed by atoms with van der Waals surface area (Å²) in [4.78, 5) is 15.0. The lowest BCUT2D eigenvalue weighted by Crippen LogP contribution is -2.51. The van der Waals surface area contributed by atoms with Crippen molar-refractivity contribution in [2.75, 3.05) is 32.7 Å². The van der Waals surface area contributed by atoms with Crippen LogP contribution in [0.4, 0.5) is 13.2 Å². The van der Waals surface area contributed by atoms with Crippen LogP contribution in [0, 0.1) is 0 Å². The normalized spacial score (nSPS) is 19.5. The van der Waals surface area contributed by atoms with Gasteiger partial charge in [0.05, 0.1) is 11.2 Å². The van der Waals surface area contributed by atoms with Crippen LogP contribution in [0.25, 0.3) is 0 Å². The number of alkyl halides is 3. The number of carbonyl (C=O) groups excluding carboxylic acids is 1. The smallest absolute Gasteiger partial charge is 0.384 e. The van der Waals surface area contributed by atoms with Gasteiger partial charge in [-0.2, -0.15) is 13.2 Å². The Morgan fingerprint density at radius 2 is 1.74 bits per heavy atom. The fraction of sp³-hybridized carbons (Fsp3) is 0.562. The summed E-state index contributed by atoms with van der Waals surface area (Å²) < 4.78 is 38.4. The molecular formula is C16H21F3N2O2. The molecule has 0 unspecified atom stereocenters. The summed E-state index contributed by atoms with van der Waals surface area (Å²) in [7, 11) is 0. The fourth-order valence-corrected chi connectivity index (χ4v) is 2.78. The van der Waals surface area contributed by atoms with Crippen molar-refractivity contribution in [3.63, 3.8) is 0 Å². The minimum absolute atomic E-state index is 0.00860. The molecule has 1 aromatic carbocycles. The van der Waals surface area contributed by atoms with Gasteiger partial charge in [0.15, 0.2) is 0 Å². The predicted octanol–water partition coefficient (Wildman–Crippen LogP) is 2.08. The lowest BCUT2D eigenvalue weighted by molar-refractivity contribution is -0.137. The van der Waals surface area contributed by atoms with Gasteiger partial charge in [-0.1, -0.05) is 12.1 Å². The number of aliphatic hydroxyl groups is 1. The summed E-state index contributed by atoms with van der Waals surface area (Å²) in [6.45, 7) is 5.56. The molecule has 1 N–H and O–H groups in total. The molecule has 4 nitrogen and oxygen atoms in total. The Kier molecular flexibility index (Phi) is 5.01. The molecule has 23 heavy (non-hydrogen) atoms. The van der Waals surface area contributed by atoms with Gasteiger partial charge in [0, 0.05) is 39.6 Å². The van der Waals surface area contributed by atoms with Crippen molar-refractivity contribution in [1.82, 2.24) is 9.80 Å². The van der Waals surface area contributed by atoms with Crippen LogP contribution in [-0.2, 0) is 16.6 Å². The van der Waals surface area contributed by atoms with Gasteiger partial charge >= 0.3 is 6.18 Å². The zero-order chi connectivity index (χ0) is 17.3. The topological polar surface area (TPSA) is 43.8 Å². The Morgan fingerprint density at radius 3 is 2.26 bits per heavy atom. The van der Waals surface area contributed by atoms with Crippen molar-refractivity contribution < 1.29 is 23.1 Å². The lowest BCUT2D eigenvalue weighted by Gasteiger charge is -2.38. The van der Waals surface area contributed by atoms with Crippen LogP contribution >= 0.6 is 0 Å². The zero-order valence-corrected chi connectivity index (χ0v) is 13.2. The molecular weight excluding hydrogens is 309 g/mol. The minimum Gasteiger partial charge on any atom is -0.384 e. The number of carbonyl (C=O) groups is 1. The number of hydrogen-bond donors (Lipinski definition) is 1. The molecule has 0 saturated carbocycles. The predicted molar refractivity (Wildman–Crippen MR) is 79.7 cm³/mol. The fourth-order valence-electron chi connectivity index (χ4n) is 2.78. The van der Waals surface area contributed by atoms with Gasteiger partial charge in [-0.3, -0.25) is 9.69 Å². The number of halogens is 3. The van der Waals surface area contributed by atoms with Crippen LogP contribution < -0.4 is 0 Å². The monoisotopic (exact) mass is 330 g/mol. The van der Waals surface area contributed by atoms with Crippen LogP contribution in [0.1, 0.15) is 25.0 Å². The summed E-state index contributed by atoms with van der Waals surface area (Å²) in [5.41, 5.74) is -1.92. The molecule has 1 saturated heterocycles. The molecule has 0 aromatic heterocycles. The quantitative estimate of drug-likeness (QED) is 0.923. The molecule has 1 aliphatic rings. The first-order chi connectivity index (χ1) is 10.6. The van der Waals surface area contributed by atoms with E-state index in [1.807, 2.05) is 4.90 Å². The van der Waals surface area contributed by atoms with E-state index in [1.54, 1.807) is 4.90 Å². The first kappa shape index (κ1) is 17.7. The van der Waals surface area contributed by atoms with E-state index in [1.165, 1.54) is 26.0 Å². The molecule has 128 valence electrons. The molecule has 1 aromatic rings. The summed E-state index contributed by atoms with van der Waals surface area (Å²) >= 11 is 0. The highest BCUT2D eigenvalue weighted by Gasteiger charge is 2.34. The molecule has 1 fully saturated rings. The number of β-amino-alcohol motifs (C(OH)–C–C–N with tert-alkyl or cyclic N) is 1. The number of benzene rings is 1. The summed E-state index contributed by atoms with van der Waals surface area (Å²) in [6, 6.07) is 4.79. The van der Waals surface area contributed by atoms with E-state index in [2.05, 4.69) is 0 Å². The van der Waals surface area contributed by atoms with Gasteiger partial charge in [-0.05, 0) is 24.6 Å². The number of hydrogen-bond acceptors (Lipinski definition) is 3. The highest BCUT2D eigenvalue weighted by Crippen LogP contribution is 2.32. The Bertz CT molecular complexity index is 565. The van der Waals surface area contributed by atoms with Gasteiger partial charge in [0.1, 0.15) is 0 Å². The maximum atomic E-state index is 12.8.